The Hall–Kier alpha value is -5.01. The Kier molecular flexibility index (Phi) is 10.4. The van der Waals surface area contributed by atoms with Gasteiger partial charge in [-0.15, -0.1) is 6.42 Å². The molecular weight excluding hydrogens is 581 g/mol. The number of esters is 3. The van der Waals surface area contributed by atoms with Crippen LogP contribution in [0.5, 0.6) is 0 Å². The number of ether oxygens (including phenoxy) is 3. The van der Waals surface area contributed by atoms with Crippen molar-refractivity contribution < 1.29 is 42.9 Å². The zero-order valence-corrected chi connectivity index (χ0v) is 25.2. The first kappa shape index (κ1) is 32.9. The maximum Gasteiger partial charge on any atom is 0.303 e. The number of anilines is 1. The van der Waals surface area contributed by atoms with Crippen molar-refractivity contribution in [2.45, 2.75) is 51.4 Å². The fourth-order valence-electron chi connectivity index (χ4n) is 5.36. The Morgan fingerprint density at radius 2 is 1.49 bits per heavy atom. The number of aliphatic hydroxyl groups is 1. The van der Waals surface area contributed by atoms with Crippen LogP contribution in [0.3, 0.4) is 0 Å². The van der Waals surface area contributed by atoms with Crippen molar-refractivity contribution >= 4 is 29.5 Å². The number of benzene rings is 3. The van der Waals surface area contributed by atoms with Gasteiger partial charge in [-0.3, -0.25) is 19.2 Å². The molecule has 1 amide bonds. The van der Waals surface area contributed by atoms with E-state index < -0.39 is 60.6 Å². The molecule has 0 unspecified atom stereocenters. The van der Waals surface area contributed by atoms with Gasteiger partial charge >= 0.3 is 17.9 Å². The lowest BCUT2D eigenvalue weighted by molar-refractivity contribution is -0.161. The largest absolute Gasteiger partial charge is 0.462 e. The van der Waals surface area contributed by atoms with Crippen LogP contribution in [0.4, 0.5) is 10.1 Å². The normalized spacial score (nSPS) is 16.6. The Balaban J connectivity index is 1.64. The summed E-state index contributed by atoms with van der Waals surface area (Å²) in [6.45, 7) is 2.83. The molecule has 0 aromatic heterocycles. The molecule has 0 radical (unpaired) electrons. The van der Waals surface area contributed by atoms with Crippen LogP contribution < -0.4 is 4.90 Å². The number of carbonyl (C=O) groups excluding carboxylic acids is 4. The van der Waals surface area contributed by atoms with Crippen molar-refractivity contribution in [3.63, 3.8) is 0 Å². The average molecular weight is 616 g/mol. The fraction of sp³-hybridized carbons (Fsp3) is 0.314. The van der Waals surface area contributed by atoms with Crippen LogP contribution in [0, 0.1) is 24.1 Å². The molecule has 1 saturated heterocycles. The number of halogens is 1. The summed E-state index contributed by atoms with van der Waals surface area (Å²) in [5.74, 6) is -0.212. The van der Waals surface area contributed by atoms with Crippen LogP contribution in [0.25, 0.3) is 0 Å². The van der Waals surface area contributed by atoms with Crippen molar-refractivity contribution in [2.24, 2.45) is 5.92 Å². The number of hydrogen-bond donors (Lipinski definition) is 1. The summed E-state index contributed by atoms with van der Waals surface area (Å²) in [4.78, 5) is 50.1. The molecule has 3 aromatic rings. The van der Waals surface area contributed by atoms with E-state index in [-0.39, 0.29) is 5.91 Å². The molecule has 10 heteroatoms. The fourth-order valence-corrected chi connectivity index (χ4v) is 5.36. The summed E-state index contributed by atoms with van der Waals surface area (Å²) in [6.07, 6.45) is 5.49. The molecule has 1 aliphatic rings. The lowest BCUT2D eigenvalue weighted by atomic mass is 9.77. The summed E-state index contributed by atoms with van der Waals surface area (Å²) >= 11 is 0. The van der Waals surface area contributed by atoms with Crippen LogP contribution in [-0.4, -0.2) is 42.1 Å². The van der Waals surface area contributed by atoms with Gasteiger partial charge in [0.25, 0.3) is 0 Å². The second-order valence-corrected chi connectivity index (χ2v) is 10.9. The van der Waals surface area contributed by atoms with E-state index in [2.05, 4.69) is 5.92 Å². The maximum absolute atomic E-state index is 13.6. The minimum absolute atomic E-state index is 0.139. The molecule has 9 nitrogen and oxygen atoms in total. The van der Waals surface area contributed by atoms with Crippen molar-refractivity contribution in [3.8, 4) is 12.3 Å². The van der Waals surface area contributed by atoms with Crippen LogP contribution >= 0.6 is 0 Å². The molecule has 4 rings (SSSR count). The molecule has 0 saturated carbocycles. The number of rotatable bonds is 12. The first-order valence-corrected chi connectivity index (χ1v) is 14.3. The van der Waals surface area contributed by atoms with E-state index in [1.165, 1.54) is 32.9 Å². The maximum atomic E-state index is 13.6. The highest BCUT2D eigenvalue weighted by molar-refractivity contribution is 6.03. The number of hydrogen-bond acceptors (Lipinski definition) is 8. The summed E-state index contributed by atoms with van der Waals surface area (Å²) < 4.78 is 29.2. The molecule has 45 heavy (non-hydrogen) atoms. The van der Waals surface area contributed by atoms with E-state index in [0.717, 1.165) is 5.56 Å². The molecule has 234 valence electrons. The second-order valence-electron chi connectivity index (χ2n) is 10.9. The average Bonchev–Trinajstić information content (AvgIpc) is 3.01. The number of β-lactam (4-membered cyclic amide) rings is 1. The van der Waals surface area contributed by atoms with Gasteiger partial charge in [0.1, 0.15) is 25.1 Å². The molecule has 3 atom stereocenters. The zero-order chi connectivity index (χ0) is 32.7. The minimum Gasteiger partial charge on any atom is -0.462 e. The number of nitrogens with zero attached hydrogens (tertiary/aromatic N) is 1. The van der Waals surface area contributed by atoms with Gasteiger partial charge < -0.3 is 24.2 Å². The molecule has 3 aromatic carbocycles. The van der Waals surface area contributed by atoms with Crippen molar-refractivity contribution in [3.05, 3.63) is 101 Å². The molecule has 0 bridgehead atoms. The van der Waals surface area contributed by atoms with E-state index in [1.807, 2.05) is 0 Å². The summed E-state index contributed by atoms with van der Waals surface area (Å²) in [5, 5.41) is 11.3. The molecule has 1 heterocycles. The van der Waals surface area contributed by atoms with E-state index in [1.54, 1.807) is 65.6 Å². The lowest BCUT2D eigenvalue weighted by Gasteiger charge is -2.48. The molecular formula is C35H34FNO8. The predicted octanol–water partition coefficient (Wildman–Crippen LogP) is 4.91. The Labute approximate surface area is 260 Å². The molecule has 0 aliphatic carbocycles. The molecule has 1 aliphatic heterocycles. The van der Waals surface area contributed by atoms with Gasteiger partial charge in [0, 0.05) is 32.0 Å². The highest BCUT2D eigenvalue weighted by Crippen LogP contribution is 2.47. The zero-order valence-electron chi connectivity index (χ0n) is 25.2. The summed E-state index contributed by atoms with van der Waals surface area (Å²) in [6, 6.07) is 19.0. The van der Waals surface area contributed by atoms with E-state index >= 15 is 0 Å². The molecule has 1 fully saturated rings. The van der Waals surface area contributed by atoms with Gasteiger partial charge in [-0.25, -0.2) is 4.39 Å². The predicted molar refractivity (Wildman–Crippen MR) is 162 cm³/mol. The number of amides is 1. The Morgan fingerprint density at radius 1 is 0.911 bits per heavy atom. The summed E-state index contributed by atoms with van der Waals surface area (Å²) in [7, 11) is 0. The van der Waals surface area contributed by atoms with Gasteiger partial charge in [0.05, 0.1) is 12.0 Å². The van der Waals surface area contributed by atoms with Crippen LogP contribution in [0.1, 0.15) is 68.0 Å². The van der Waals surface area contributed by atoms with Gasteiger partial charge in [0.2, 0.25) is 5.91 Å². The molecule has 1 N–H and O–H groups in total. The van der Waals surface area contributed by atoms with E-state index in [9.17, 15) is 28.7 Å². The Bertz CT molecular complexity index is 1560. The lowest BCUT2D eigenvalue weighted by Crippen LogP contribution is -2.55. The highest BCUT2D eigenvalue weighted by Gasteiger charge is 2.48. The van der Waals surface area contributed by atoms with Gasteiger partial charge in [-0.1, -0.05) is 42.3 Å². The third-order valence-corrected chi connectivity index (χ3v) is 7.63. The van der Waals surface area contributed by atoms with Crippen molar-refractivity contribution in [2.75, 3.05) is 18.1 Å². The Morgan fingerprint density at radius 3 is 2.00 bits per heavy atom. The first-order valence-electron chi connectivity index (χ1n) is 14.3. The van der Waals surface area contributed by atoms with Crippen LogP contribution in [-0.2, 0) is 39.0 Å². The van der Waals surface area contributed by atoms with E-state index in [0.29, 0.717) is 35.2 Å². The van der Waals surface area contributed by atoms with Gasteiger partial charge in [-0.05, 0) is 65.9 Å². The second kappa shape index (κ2) is 14.2. The monoisotopic (exact) mass is 615 g/mol. The summed E-state index contributed by atoms with van der Waals surface area (Å²) in [5.41, 5.74) is 1.20. The van der Waals surface area contributed by atoms with E-state index in [4.69, 9.17) is 20.6 Å². The molecule has 0 spiro atoms. The van der Waals surface area contributed by atoms with Gasteiger partial charge in [-0.2, -0.15) is 0 Å². The van der Waals surface area contributed by atoms with Crippen LogP contribution in [0.15, 0.2) is 72.8 Å². The highest BCUT2D eigenvalue weighted by atomic mass is 19.1. The third-order valence-electron chi connectivity index (χ3n) is 7.63. The van der Waals surface area contributed by atoms with Crippen LogP contribution in [0.2, 0.25) is 0 Å². The minimum atomic E-state index is -1.80. The van der Waals surface area contributed by atoms with Gasteiger partial charge in [0.15, 0.2) is 5.60 Å². The van der Waals surface area contributed by atoms with Crippen molar-refractivity contribution in [1.29, 1.82) is 0 Å². The third kappa shape index (κ3) is 7.94. The number of carbonyl (C=O) groups is 4. The number of terminal acetylenes is 1. The standard InChI is InChI=1S/C35H34FNO8/c1-5-25-6-16-30(17-7-25)37-33(27-8-12-28(13-9-27)35(42,20-43-22(2)38)21-44-23(3)39)31(34(37)41)18-19-32(45-24(4)40)26-10-14-29(36)15-11-26/h1,6-17,31-33,42H,18-21H2,2-4H3/t31-,32+,33-/m1/s1. The quantitative estimate of drug-likeness (QED) is 0.132. The van der Waals surface area contributed by atoms with Crippen molar-refractivity contribution in [1.82, 2.24) is 0 Å². The SMILES string of the molecule is C#Cc1ccc(N2C(=O)[C@H](CC[C@H](OC(C)=O)c3ccc(F)cc3)[C@H]2c2ccc(C(O)(COC(C)=O)COC(C)=O)cc2)cc1. The first-order chi connectivity index (χ1) is 21.4. The topological polar surface area (TPSA) is 119 Å². The smallest absolute Gasteiger partial charge is 0.303 e.